The Morgan fingerprint density at radius 2 is 2.00 bits per heavy atom. The fourth-order valence-corrected chi connectivity index (χ4v) is 2.53. The van der Waals surface area contributed by atoms with Gasteiger partial charge in [-0.1, -0.05) is 18.2 Å². The lowest BCUT2D eigenvalue weighted by atomic mass is 10.3. The van der Waals surface area contributed by atoms with Crippen molar-refractivity contribution in [2.45, 2.75) is 6.54 Å². The van der Waals surface area contributed by atoms with Gasteiger partial charge in [-0.25, -0.2) is 4.68 Å². The van der Waals surface area contributed by atoms with Crippen LogP contribution in [0.4, 0.5) is 0 Å². The Hall–Kier alpha value is -2.28. The Morgan fingerprint density at radius 3 is 2.68 bits per heavy atom. The van der Waals surface area contributed by atoms with Crippen LogP contribution in [0.3, 0.4) is 0 Å². The first-order valence-electron chi connectivity index (χ1n) is 6.68. The number of rotatable bonds is 7. The molecule has 0 fully saturated rings. The molecular weight excluding hydrogens is 302 g/mol. The van der Waals surface area contributed by atoms with E-state index in [-0.39, 0.29) is 17.4 Å². The van der Waals surface area contributed by atoms with Crippen LogP contribution < -0.4 is 0 Å². The minimum absolute atomic E-state index is 0.0640. The maximum atomic E-state index is 11.9. The molecule has 0 saturated carbocycles. The molecule has 1 heterocycles. The van der Waals surface area contributed by atoms with E-state index < -0.39 is 5.97 Å². The first-order chi connectivity index (χ1) is 10.6. The van der Waals surface area contributed by atoms with Crippen molar-refractivity contribution < 1.29 is 14.7 Å². The number of carbonyl (C=O) groups is 2. The van der Waals surface area contributed by atoms with Crippen molar-refractivity contribution in [3.8, 4) is 5.69 Å². The molecule has 0 aliphatic heterocycles. The number of hydrogen-bond donors (Lipinski definition) is 1. The largest absolute Gasteiger partial charge is 0.481 e. The first-order valence-corrected chi connectivity index (χ1v) is 7.84. The van der Waals surface area contributed by atoms with E-state index in [9.17, 15) is 9.59 Å². The van der Waals surface area contributed by atoms with Crippen molar-refractivity contribution in [3.63, 3.8) is 0 Å². The quantitative estimate of drug-likeness (QED) is 0.840. The molecule has 0 saturated heterocycles. The van der Waals surface area contributed by atoms with Gasteiger partial charge in [-0.15, -0.1) is 11.8 Å². The molecule has 6 nitrogen and oxygen atoms in total. The number of carboxylic acids is 1. The van der Waals surface area contributed by atoms with Gasteiger partial charge in [-0.2, -0.15) is 5.10 Å². The van der Waals surface area contributed by atoms with E-state index in [1.54, 1.807) is 22.8 Å². The van der Waals surface area contributed by atoms with E-state index in [0.717, 1.165) is 23.0 Å². The lowest BCUT2D eigenvalue weighted by Crippen LogP contribution is -2.28. The Bertz CT molecular complexity index is 642. The number of aliphatic carboxylic acids is 1. The highest BCUT2D eigenvalue weighted by atomic mass is 32.2. The average Bonchev–Trinajstić information content (AvgIpc) is 2.96. The summed E-state index contributed by atoms with van der Waals surface area (Å²) in [6, 6.07) is 9.72. The van der Waals surface area contributed by atoms with E-state index in [1.807, 2.05) is 36.5 Å². The van der Waals surface area contributed by atoms with Crippen LogP contribution >= 0.6 is 11.8 Å². The third-order valence-corrected chi connectivity index (χ3v) is 3.86. The van der Waals surface area contributed by atoms with E-state index in [4.69, 9.17) is 5.11 Å². The van der Waals surface area contributed by atoms with Crippen LogP contribution in [-0.2, 0) is 16.1 Å². The summed E-state index contributed by atoms with van der Waals surface area (Å²) < 4.78 is 1.76. The smallest absolute Gasteiger partial charge is 0.313 e. The van der Waals surface area contributed by atoms with Crippen molar-refractivity contribution in [2.24, 2.45) is 0 Å². The van der Waals surface area contributed by atoms with Gasteiger partial charge in [0.25, 0.3) is 0 Å². The lowest BCUT2D eigenvalue weighted by molar-refractivity contribution is -0.133. The molecule has 116 valence electrons. The van der Waals surface area contributed by atoms with Gasteiger partial charge in [0.05, 0.1) is 23.4 Å². The van der Waals surface area contributed by atoms with Crippen LogP contribution in [0.2, 0.25) is 0 Å². The van der Waals surface area contributed by atoms with Crippen molar-refractivity contribution in [1.82, 2.24) is 14.7 Å². The fourth-order valence-electron chi connectivity index (χ4n) is 1.86. The van der Waals surface area contributed by atoms with Gasteiger partial charge in [0.1, 0.15) is 0 Å². The Morgan fingerprint density at radius 1 is 1.27 bits per heavy atom. The Kier molecular flexibility index (Phi) is 5.60. The summed E-state index contributed by atoms with van der Waals surface area (Å²) in [6.07, 6.45) is 3.60. The predicted molar refractivity (Wildman–Crippen MR) is 85.0 cm³/mol. The topological polar surface area (TPSA) is 75.4 Å². The van der Waals surface area contributed by atoms with E-state index >= 15 is 0 Å². The SMILES string of the molecule is CN(Cc1cnn(-c2ccccc2)c1)C(=O)CSCC(=O)O. The van der Waals surface area contributed by atoms with Crippen LogP contribution in [0.5, 0.6) is 0 Å². The zero-order chi connectivity index (χ0) is 15.9. The highest BCUT2D eigenvalue weighted by molar-refractivity contribution is 8.00. The molecule has 1 N–H and O–H groups in total. The molecule has 0 bridgehead atoms. The highest BCUT2D eigenvalue weighted by Gasteiger charge is 2.11. The molecule has 0 atom stereocenters. The molecule has 7 heteroatoms. The van der Waals surface area contributed by atoms with Crippen molar-refractivity contribution in [3.05, 3.63) is 48.3 Å². The second kappa shape index (κ2) is 7.65. The minimum atomic E-state index is -0.912. The molecule has 2 aromatic rings. The van der Waals surface area contributed by atoms with Gasteiger partial charge in [-0.3, -0.25) is 9.59 Å². The molecular formula is C15H17N3O3S. The number of aromatic nitrogens is 2. The molecule has 2 rings (SSSR count). The second-order valence-electron chi connectivity index (χ2n) is 4.77. The lowest BCUT2D eigenvalue weighted by Gasteiger charge is -2.15. The van der Waals surface area contributed by atoms with E-state index in [2.05, 4.69) is 5.10 Å². The Balaban J connectivity index is 1.89. The third kappa shape index (κ3) is 4.63. The number of amides is 1. The zero-order valence-electron chi connectivity index (χ0n) is 12.2. The number of thioether (sulfide) groups is 1. The van der Waals surface area contributed by atoms with Gasteiger partial charge >= 0.3 is 5.97 Å². The number of nitrogens with zero attached hydrogens (tertiary/aromatic N) is 3. The third-order valence-electron chi connectivity index (χ3n) is 2.95. The van der Waals surface area contributed by atoms with E-state index in [1.165, 1.54) is 0 Å². The van der Waals surface area contributed by atoms with Crippen LogP contribution in [0.15, 0.2) is 42.7 Å². The normalized spacial score (nSPS) is 10.4. The molecule has 0 radical (unpaired) electrons. The molecule has 1 aromatic heterocycles. The summed E-state index contributed by atoms with van der Waals surface area (Å²) in [5, 5.41) is 12.8. The summed E-state index contributed by atoms with van der Waals surface area (Å²) in [4.78, 5) is 23.9. The molecule has 0 aliphatic rings. The highest BCUT2D eigenvalue weighted by Crippen LogP contribution is 2.10. The minimum Gasteiger partial charge on any atom is -0.481 e. The first kappa shape index (κ1) is 16.1. The average molecular weight is 319 g/mol. The molecule has 0 unspecified atom stereocenters. The van der Waals surface area contributed by atoms with Crippen molar-refractivity contribution in [1.29, 1.82) is 0 Å². The van der Waals surface area contributed by atoms with E-state index in [0.29, 0.717) is 6.54 Å². The summed E-state index contributed by atoms with van der Waals surface area (Å²) in [6.45, 7) is 0.444. The summed E-state index contributed by atoms with van der Waals surface area (Å²) in [5.74, 6) is -0.912. The maximum Gasteiger partial charge on any atom is 0.313 e. The molecule has 22 heavy (non-hydrogen) atoms. The van der Waals surface area contributed by atoms with Crippen molar-refractivity contribution >= 4 is 23.6 Å². The van der Waals surface area contributed by atoms with Gasteiger partial charge in [0.15, 0.2) is 0 Å². The number of carbonyl (C=O) groups excluding carboxylic acids is 1. The van der Waals surface area contributed by atoms with Gasteiger partial charge in [0.2, 0.25) is 5.91 Å². The van der Waals surface area contributed by atoms with Crippen LogP contribution in [0.25, 0.3) is 5.69 Å². The number of carboxylic acid groups (broad SMARTS) is 1. The molecule has 0 aliphatic carbocycles. The van der Waals surface area contributed by atoms with Gasteiger partial charge in [-0.05, 0) is 12.1 Å². The van der Waals surface area contributed by atoms with Crippen LogP contribution in [-0.4, -0.2) is 50.2 Å². The fraction of sp³-hybridized carbons (Fsp3) is 0.267. The Labute approximate surface area is 132 Å². The summed E-state index contributed by atoms with van der Waals surface area (Å²) in [7, 11) is 1.70. The molecule has 1 amide bonds. The van der Waals surface area contributed by atoms with Crippen LogP contribution in [0.1, 0.15) is 5.56 Å². The maximum absolute atomic E-state index is 11.9. The predicted octanol–water partition coefficient (Wildman–Crippen LogP) is 1.65. The number of hydrogen-bond acceptors (Lipinski definition) is 4. The van der Waals surface area contributed by atoms with Gasteiger partial charge < -0.3 is 10.0 Å². The van der Waals surface area contributed by atoms with Crippen LogP contribution in [0, 0.1) is 0 Å². The second-order valence-corrected chi connectivity index (χ2v) is 5.75. The van der Waals surface area contributed by atoms with Crippen molar-refractivity contribution in [2.75, 3.05) is 18.6 Å². The van der Waals surface area contributed by atoms with Gasteiger partial charge in [0, 0.05) is 25.4 Å². The molecule has 1 aromatic carbocycles. The summed E-state index contributed by atoms with van der Waals surface area (Å²) >= 11 is 1.10. The monoisotopic (exact) mass is 319 g/mol. The zero-order valence-corrected chi connectivity index (χ0v) is 13.0. The standard InChI is InChI=1S/C15H17N3O3S/c1-17(14(19)10-22-11-15(20)21)8-12-7-16-18(9-12)13-5-3-2-4-6-13/h2-7,9H,8,10-11H2,1H3,(H,20,21). The molecule has 0 spiro atoms. The number of para-hydroxylation sites is 1. The number of benzene rings is 1. The summed E-state index contributed by atoms with van der Waals surface area (Å²) in [5.41, 5.74) is 1.88.